The van der Waals surface area contributed by atoms with Crippen molar-refractivity contribution in [2.75, 3.05) is 0 Å². The van der Waals surface area contributed by atoms with Gasteiger partial charge in [0, 0.05) is 5.56 Å². The van der Waals surface area contributed by atoms with Crippen LogP contribution >= 0.6 is 11.6 Å². The van der Waals surface area contributed by atoms with E-state index in [9.17, 15) is 0 Å². The van der Waals surface area contributed by atoms with E-state index in [2.05, 4.69) is 4.98 Å². The van der Waals surface area contributed by atoms with Crippen LogP contribution in [0, 0.1) is 6.92 Å². The Labute approximate surface area is 87.5 Å². The number of alkyl halides is 1. The fraction of sp³-hybridized carbons (Fsp3) is 0.182. The van der Waals surface area contributed by atoms with Crippen molar-refractivity contribution in [3.63, 3.8) is 0 Å². The van der Waals surface area contributed by atoms with Gasteiger partial charge in [0.1, 0.15) is 5.69 Å². The number of aromatic nitrogens is 1. The lowest BCUT2D eigenvalue weighted by atomic mass is 10.1. The van der Waals surface area contributed by atoms with E-state index < -0.39 is 0 Å². The molecule has 0 fully saturated rings. The zero-order valence-electron chi connectivity index (χ0n) is 7.83. The summed E-state index contributed by atoms with van der Waals surface area (Å²) in [5.74, 6) is 1.14. The summed E-state index contributed by atoms with van der Waals surface area (Å²) in [6.45, 7) is 2.05. The zero-order valence-corrected chi connectivity index (χ0v) is 8.58. The molecule has 0 amide bonds. The first-order chi connectivity index (χ1) is 6.81. The first-order valence-electron chi connectivity index (χ1n) is 4.36. The van der Waals surface area contributed by atoms with Gasteiger partial charge in [-0.1, -0.05) is 29.8 Å². The van der Waals surface area contributed by atoms with Crippen molar-refractivity contribution in [2.45, 2.75) is 12.8 Å². The number of halogens is 1. The summed E-state index contributed by atoms with van der Waals surface area (Å²) in [6.07, 6.45) is 1.42. The number of rotatable bonds is 2. The van der Waals surface area contributed by atoms with E-state index in [4.69, 9.17) is 16.0 Å². The highest BCUT2D eigenvalue weighted by Gasteiger charge is 2.08. The maximum Gasteiger partial charge on any atom is 0.181 e. The minimum atomic E-state index is 0.375. The normalized spacial score (nSPS) is 10.4. The molecule has 0 radical (unpaired) electrons. The number of hydrogen-bond donors (Lipinski definition) is 0. The molecular weight excluding hydrogens is 198 g/mol. The number of aryl methyl sites for hydroxylation is 1. The molecule has 2 aromatic rings. The van der Waals surface area contributed by atoms with Gasteiger partial charge in [-0.3, -0.25) is 0 Å². The molecule has 0 N–H and O–H groups in total. The first kappa shape index (κ1) is 9.28. The molecular formula is C11H10ClNO. The Bertz CT molecular complexity index is 419. The summed E-state index contributed by atoms with van der Waals surface area (Å²) in [5, 5.41) is 0. The Balaban J connectivity index is 2.44. The van der Waals surface area contributed by atoms with Crippen molar-refractivity contribution in [1.82, 2.24) is 4.98 Å². The van der Waals surface area contributed by atoms with Gasteiger partial charge in [-0.2, -0.15) is 0 Å². The van der Waals surface area contributed by atoms with Crippen molar-refractivity contribution in [3.8, 4) is 11.3 Å². The Hall–Kier alpha value is -1.28. The topological polar surface area (TPSA) is 26.0 Å². The fourth-order valence-electron chi connectivity index (χ4n) is 1.30. The van der Waals surface area contributed by atoms with Crippen molar-refractivity contribution in [2.24, 2.45) is 0 Å². The smallest absolute Gasteiger partial charge is 0.181 e. The van der Waals surface area contributed by atoms with Crippen molar-refractivity contribution in [3.05, 3.63) is 41.9 Å². The van der Waals surface area contributed by atoms with E-state index in [-0.39, 0.29) is 0 Å². The minimum absolute atomic E-state index is 0.375. The maximum atomic E-state index is 5.73. The highest BCUT2D eigenvalue weighted by Crippen LogP contribution is 2.24. The SMILES string of the molecule is Cc1ccc(-c2ocnc2CCl)cc1. The van der Waals surface area contributed by atoms with Gasteiger partial charge in [0.2, 0.25) is 0 Å². The van der Waals surface area contributed by atoms with Gasteiger partial charge in [0.25, 0.3) is 0 Å². The third-order valence-corrected chi connectivity index (χ3v) is 2.33. The molecule has 1 heterocycles. The molecule has 0 aliphatic rings. The van der Waals surface area contributed by atoms with Crippen molar-refractivity contribution >= 4 is 11.6 Å². The Morgan fingerprint density at radius 3 is 2.64 bits per heavy atom. The standard InChI is InChI=1S/C11H10ClNO/c1-8-2-4-9(5-3-8)11-10(6-12)13-7-14-11/h2-5,7H,6H2,1H3. The van der Waals surface area contributed by atoms with Crippen LogP contribution in [0.25, 0.3) is 11.3 Å². The van der Waals surface area contributed by atoms with Crippen LogP contribution in [0.4, 0.5) is 0 Å². The summed E-state index contributed by atoms with van der Waals surface area (Å²) in [5.41, 5.74) is 3.03. The van der Waals surface area contributed by atoms with Gasteiger partial charge in [-0.25, -0.2) is 4.98 Å². The third kappa shape index (κ3) is 1.66. The number of oxazole rings is 1. The van der Waals surface area contributed by atoms with Gasteiger partial charge in [0.05, 0.1) is 5.88 Å². The Kier molecular flexibility index (Phi) is 2.55. The molecule has 0 saturated heterocycles. The molecule has 1 aromatic carbocycles. The highest BCUT2D eigenvalue weighted by molar-refractivity contribution is 6.17. The molecule has 14 heavy (non-hydrogen) atoms. The van der Waals surface area contributed by atoms with Gasteiger partial charge in [-0.05, 0) is 6.92 Å². The van der Waals surface area contributed by atoms with Gasteiger partial charge < -0.3 is 4.42 Å². The predicted octanol–water partition coefficient (Wildman–Crippen LogP) is 3.39. The molecule has 0 bridgehead atoms. The molecule has 0 atom stereocenters. The van der Waals surface area contributed by atoms with Crippen LogP contribution in [0.3, 0.4) is 0 Å². The van der Waals surface area contributed by atoms with Crippen LogP contribution in [0.15, 0.2) is 35.1 Å². The highest BCUT2D eigenvalue weighted by atomic mass is 35.5. The molecule has 72 valence electrons. The average molecular weight is 208 g/mol. The number of benzene rings is 1. The van der Waals surface area contributed by atoms with Crippen molar-refractivity contribution in [1.29, 1.82) is 0 Å². The largest absolute Gasteiger partial charge is 0.443 e. The summed E-state index contributed by atoms with van der Waals surface area (Å²) in [6, 6.07) is 8.09. The first-order valence-corrected chi connectivity index (χ1v) is 4.90. The zero-order chi connectivity index (χ0) is 9.97. The van der Waals surface area contributed by atoms with Crippen molar-refractivity contribution < 1.29 is 4.42 Å². The molecule has 0 aliphatic carbocycles. The molecule has 1 aromatic heterocycles. The van der Waals surface area contributed by atoms with Crippen LogP contribution in [0.5, 0.6) is 0 Å². The Morgan fingerprint density at radius 2 is 2.00 bits per heavy atom. The maximum absolute atomic E-state index is 5.73. The Morgan fingerprint density at radius 1 is 1.29 bits per heavy atom. The minimum Gasteiger partial charge on any atom is -0.443 e. The van der Waals surface area contributed by atoms with E-state index >= 15 is 0 Å². The van der Waals surface area contributed by atoms with Crippen LogP contribution in [-0.2, 0) is 5.88 Å². The second-order valence-electron chi connectivity index (χ2n) is 3.13. The summed E-state index contributed by atoms with van der Waals surface area (Å²) >= 11 is 5.73. The molecule has 0 aliphatic heterocycles. The third-order valence-electron chi connectivity index (χ3n) is 2.08. The average Bonchev–Trinajstić information content (AvgIpc) is 2.67. The fourth-order valence-corrected chi connectivity index (χ4v) is 1.49. The van der Waals surface area contributed by atoms with E-state index in [1.54, 1.807) is 0 Å². The molecule has 3 heteroatoms. The van der Waals surface area contributed by atoms with E-state index in [0.717, 1.165) is 17.0 Å². The summed E-state index contributed by atoms with van der Waals surface area (Å²) in [7, 11) is 0. The number of nitrogens with zero attached hydrogens (tertiary/aromatic N) is 1. The summed E-state index contributed by atoms with van der Waals surface area (Å²) in [4.78, 5) is 4.03. The van der Waals surface area contributed by atoms with Gasteiger partial charge >= 0.3 is 0 Å². The molecule has 0 unspecified atom stereocenters. The number of hydrogen-bond acceptors (Lipinski definition) is 2. The summed E-state index contributed by atoms with van der Waals surface area (Å²) < 4.78 is 5.29. The molecule has 0 saturated carbocycles. The molecule has 0 spiro atoms. The second kappa shape index (κ2) is 3.84. The van der Waals surface area contributed by atoms with E-state index in [0.29, 0.717) is 5.88 Å². The monoisotopic (exact) mass is 207 g/mol. The van der Waals surface area contributed by atoms with Crippen LogP contribution in [0.1, 0.15) is 11.3 Å². The lowest BCUT2D eigenvalue weighted by Gasteiger charge is -1.98. The van der Waals surface area contributed by atoms with E-state index in [1.165, 1.54) is 12.0 Å². The van der Waals surface area contributed by atoms with Crippen LogP contribution in [-0.4, -0.2) is 4.98 Å². The van der Waals surface area contributed by atoms with Crippen LogP contribution < -0.4 is 0 Å². The van der Waals surface area contributed by atoms with E-state index in [1.807, 2.05) is 31.2 Å². The van der Waals surface area contributed by atoms with Gasteiger partial charge in [0.15, 0.2) is 12.2 Å². The molecule has 2 rings (SSSR count). The second-order valence-corrected chi connectivity index (χ2v) is 3.40. The van der Waals surface area contributed by atoms with Gasteiger partial charge in [-0.15, -0.1) is 11.6 Å². The van der Waals surface area contributed by atoms with Crippen LogP contribution in [0.2, 0.25) is 0 Å². The quantitative estimate of drug-likeness (QED) is 0.706. The predicted molar refractivity (Wildman–Crippen MR) is 56.2 cm³/mol. The lowest BCUT2D eigenvalue weighted by molar-refractivity contribution is 0.571. The molecule has 2 nitrogen and oxygen atoms in total. The lowest BCUT2D eigenvalue weighted by Crippen LogP contribution is -1.82.